The van der Waals surface area contributed by atoms with Crippen LogP contribution in [0.5, 0.6) is 0 Å². The van der Waals surface area contributed by atoms with Crippen molar-refractivity contribution in [1.82, 2.24) is 0 Å². The summed E-state index contributed by atoms with van der Waals surface area (Å²) in [5.74, 6) is 0. The monoisotopic (exact) mass is 268 g/mol. The fraction of sp³-hybridized carbons (Fsp3) is 0. The van der Waals surface area contributed by atoms with Gasteiger partial charge in [0.05, 0.1) is 0 Å². The Morgan fingerprint density at radius 1 is 0.571 bits per heavy atom. The van der Waals surface area contributed by atoms with Crippen LogP contribution < -0.4 is 8.92 Å². The summed E-state index contributed by atoms with van der Waals surface area (Å²) in [5, 5.41) is 0. The molecule has 0 N–H and O–H groups in total. The van der Waals surface area contributed by atoms with Crippen molar-refractivity contribution < 1.29 is 0 Å². The van der Waals surface area contributed by atoms with Crippen molar-refractivity contribution in [2.75, 3.05) is 0 Å². The molecule has 0 saturated carbocycles. The molecule has 0 radical (unpaired) electrons. The molecule has 0 fully saturated rings. The van der Waals surface area contributed by atoms with E-state index in [0.717, 1.165) is 0 Å². The first-order valence-electron chi connectivity index (χ1n) is 4.23. The zero-order valence-corrected chi connectivity index (χ0v) is 11.0. The number of hydrogen-bond acceptors (Lipinski definition) is 0. The average molecular weight is 267 g/mol. The van der Waals surface area contributed by atoms with E-state index in [2.05, 4.69) is 60.7 Å². The number of benzene rings is 2. The van der Waals surface area contributed by atoms with E-state index >= 15 is 0 Å². The molecule has 1 unspecified atom stereocenters. The van der Waals surface area contributed by atoms with E-state index in [1.54, 1.807) is 0 Å². The van der Waals surface area contributed by atoms with Gasteiger partial charge in [0.25, 0.3) is 0 Å². The molecule has 0 amide bonds. The summed E-state index contributed by atoms with van der Waals surface area (Å²) in [5.41, 5.74) is 0. The van der Waals surface area contributed by atoms with Crippen LogP contribution in [0.15, 0.2) is 60.7 Å². The molecule has 1 atom stereocenters. The Morgan fingerprint density at radius 3 is 1.29 bits per heavy atom. The van der Waals surface area contributed by atoms with Gasteiger partial charge >= 0.3 is 84.5 Å². The van der Waals surface area contributed by atoms with E-state index in [4.69, 9.17) is 0 Å². The summed E-state index contributed by atoms with van der Waals surface area (Å²) in [6.45, 7) is 0. The topological polar surface area (TPSA) is 0 Å². The van der Waals surface area contributed by atoms with Crippen molar-refractivity contribution >= 4 is 33.8 Å². The van der Waals surface area contributed by atoms with Crippen molar-refractivity contribution in [2.45, 2.75) is 0 Å². The van der Waals surface area contributed by atoms with E-state index in [-0.39, 0.29) is 9.90 Å². The van der Waals surface area contributed by atoms with Gasteiger partial charge in [0.1, 0.15) is 0 Å². The van der Waals surface area contributed by atoms with Crippen LogP contribution in [0.3, 0.4) is 0 Å². The van der Waals surface area contributed by atoms with Crippen molar-refractivity contribution in [3.8, 4) is 0 Å². The van der Waals surface area contributed by atoms with Crippen LogP contribution in [0.4, 0.5) is 0 Å². The Morgan fingerprint density at radius 2 is 0.929 bits per heavy atom. The van der Waals surface area contributed by atoms with Crippen LogP contribution in [-0.4, -0.2) is 15.0 Å². The summed E-state index contributed by atoms with van der Waals surface area (Å²) in [4.78, 5) is 0. The third-order valence-corrected chi connectivity index (χ3v) is 3.85. The molecule has 2 heteroatoms. The predicted molar refractivity (Wildman–Crippen MR) is 69.0 cm³/mol. The van der Waals surface area contributed by atoms with Crippen LogP contribution in [0.1, 0.15) is 0 Å². The molecule has 0 bridgehead atoms. The van der Waals surface area contributed by atoms with Crippen molar-refractivity contribution in [2.24, 2.45) is 0 Å². The number of rotatable bonds is 2. The molecule has 0 nitrogen and oxygen atoms in total. The second-order valence-electron chi connectivity index (χ2n) is 2.73. The van der Waals surface area contributed by atoms with Gasteiger partial charge in [-0.05, 0) is 0 Å². The Kier molecular flexibility index (Phi) is 4.90. The first-order chi connectivity index (χ1) is 6.45. The zero-order chi connectivity index (χ0) is 8.93. The predicted octanol–water partition coefficient (Wildman–Crippen LogP) is 1.40. The third kappa shape index (κ3) is 3.27. The van der Waals surface area contributed by atoms with Gasteiger partial charge in [-0.1, -0.05) is 0 Å². The minimum atomic E-state index is 0. The van der Waals surface area contributed by atoms with Gasteiger partial charge in [-0.2, -0.15) is 9.90 Å². The van der Waals surface area contributed by atoms with Crippen LogP contribution in [-0.2, 0) is 0 Å². The molecule has 0 spiro atoms. The van der Waals surface area contributed by atoms with Crippen molar-refractivity contribution in [3.63, 3.8) is 0 Å². The second-order valence-corrected chi connectivity index (χ2v) is 5.13. The summed E-state index contributed by atoms with van der Waals surface area (Å²) in [6, 6.07) is 21.3. The van der Waals surface area contributed by atoms with Crippen LogP contribution >= 0.6 is 9.90 Å². The van der Waals surface area contributed by atoms with Gasteiger partial charge in [-0.25, -0.2) is 0 Å². The van der Waals surface area contributed by atoms with Crippen LogP contribution in [0.2, 0.25) is 0 Å². The van der Waals surface area contributed by atoms with E-state index < -0.39 is 0 Å². The molecule has 0 heterocycles. The standard InChI is InChI=1S/C12H10Se.H3P/c1-3-7-11(8-4-1)13-12-9-5-2-6-10-12;/h1-10H;1H3. The normalized spacial score (nSPS) is 9.14. The molecule has 2 aromatic carbocycles. The van der Waals surface area contributed by atoms with Gasteiger partial charge < -0.3 is 0 Å². The quantitative estimate of drug-likeness (QED) is 0.570. The third-order valence-electron chi connectivity index (χ3n) is 1.72. The molecule has 0 aliphatic rings. The molecule has 72 valence electrons. The molecular weight excluding hydrogens is 254 g/mol. The molecule has 0 aliphatic heterocycles. The minimum absolute atomic E-state index is 0. The number of hydrogen-bond donors (Lipinski definition) is 0. The van der Waals surface area contributed by atoms with E-state index in [1.165, 1.54) is 8.92 Å². The fourth-order valence-corrected chi connectivity index (χ4v) is 2.91. The van der Waals surface area contributed by atoms with E-state index in [9.17, 15) is 0 Å². The molecule has 2 aromatic rings. The molecule has 2 rings (SSSR count). The summed E-state index contributed by atoms with van der Waals surface area (Å²) >= 11 is 0.461. The Balaban J connectivity index is 0.000000980. The summed E-state index contributed by atoms with van der Waals surface area (Å²) in [6.07, 6.45) is 0. The first-order valence-corrected chi connectivity index (χ1v) is 5.94. The maximum absolute atomic E-state index is 2.19. The molecule has 0 aliphatic carbocycles. The van der Waals surface area contributed by atoms with E-state index in [1.807, 2.05) is 0 Å². The van der Waals surface area contributed by atoms with Crippen LogP contribution in [0.25, 0.3) is 0 Å². The summed E-state index contributed by atoms with van der Waals surface area (Å²) in [7, 11) is 0. The zero-order valence-electron chi connectivity index (χ0n) is 7.89. The van der Waals surface area contributed by atoms with Crippen molar-refractivity contribution in [3.05, 3.63) is 60.7 Å². The summed E-state index contributed by atoms with van der Waals surface area (Å²) < 4.78 is 2.86. The van der Waals surface area contributed by atoms with Gasteiger partial charge in [0.15, 0.2) is 0 Å². The molecule has 14 heavy (non-hydrogen) atoms. The Hall–Kier alpha value is -0.611. The fourth-order valence-electron chi connectivity index (χ4n) is 1.11. The SMILES string of the molecule is P.c1ccc([Se]c2ccccc2)cc1. The van der Waals surface area contributed by atoms with Gasteiger partial charge in [0, 0.05) is 0 Å². The van der Waals surface area contributed by atoms with Crippen molar-refractivity contribution in [1.29, 1.82) is 0 Å². The average Bonchev–Trinajstić information content (AvgIpc) is 2.21. The van der Waals surface area contributed by atoms with Gasteiger partial charge in [-0.15, -0.1) is 0 Å². The van der Waals surface area contributed by atoms with Gasteiger partial charge in [-0.3, -0.25) is 0 Å². The Bertz CT molecular complexity index is 321. The van der Waals surface area contributed by atoms with Crippen LogP contribution in [0, 0.1) is 0 Å². The van der Waals surface area contributed by atoms with Gasteiger partial charge in [0.2, 0.25) is 0 Å². The molecular formula is C12H13PSe. The van der Waals surface area contributed by atoms with E-state index in [0.29, 0.717) is 15.0 Å². The maximum atomic E-state index is 2.19. The molecule has 0 aromatic heterocycles. The second kappa shape index (κ2) is 5.98. The first kappa shape index (κ1) is 11.5. The molecule has 0 saturated heterocycles. The Labute approximate surface area is 94.5 Å².